The second-order valence-electron chi connectivity index (χ2n) is 4.31. The molecule has 102 valence electrons. The lowest BCUT2D eigenvalue weighted by Gasteiger charge is -2.17. The van der Waals surface area contributed by atoms with Gasteiger partial charge in [0.2, 0.25) is 5.91 Å². The Morgan fingerprint density at radius 3 is 2.89 bits per heavy atom. The number of rotatable bonds is 4. The van der Waals surface area contributed by atoms with Crippen LogP contribution in [0, 0.1) is 15.9 Å². The molecular weight excluding hydrogens is 253 g/mol. The number of amides is 1. The number of non-ortho nitro benzene ring substituents is 1. The van der Waals surface area contributed by atoms with Crippen molar-refractivity contribution in [2.75, 3.05) is 18.0 Å². The van der Waals surface area contributed by atoms with Gasteiger partial charge in [0, 0.05) is 12.6 Å². The third kappa shape index (κ3) is 2.70. The smallest absolute Gasteiger partial charge is 0.274 e. The van der Waals surface area contributed by atoms with Gasteiger partial charge in [-0.05, 0) is 19.0 Å². The molecular formula is C12H14FN3O3. The summed E-state index contributed by atoms with van der Waals surface area (Å²) >= 11 is 0. The van der Waals surface area contributed by atoms with Crippen LogP contribution in [0.25, 0.3) is 0 Å². The summed E-state index contributed by atoms with van der Waals surface area (Å²) in [5, 5.41) is 13.7. The predicted octanol–water partition coefficient (Wildman–Crippen LogP) is 1.45. The van der Waals surface area contributed by atoms with Gasteiger partial charge in [-0.15, -0.1) is 0 Å². The molecule has 19 heavy (non-hydrogen) atoms. The summed E-state index contributed by atoms with van der Waals surface area (Å²) in [5.41, 5.74) is -0.119. The minimum absolute atomic E-state index is 0.179. The number of nitro benzene ring substituents is 1. The van der Waals surface area contributed by atoms with Gasteiger partial charge in [-0.25, -0.2) is 4.39 Å². The van der Waals surface area contributed by atoms with Crippen LogP contribution in [0.3, 0.4) is 0 Å². The third-order valence-corrected chi connectivity index (χ3v) is 3.05. The highest BCUT2D eigenvalue weighted by Gasteiger charge is 2.32. The molecule has 1 atom stereocenters. The lowest BCUT2D eigenvalue weighted by Crippen LogP contribution is -2.38. The highest BCUT2D eigenvalue weighted by Crippen LogP contribution is 2.27. The Hall–Kier alpha value is -2.02. The van der Waals surface area contributed by atoms with Crippen LogP contribution in [0.15, 0.2) is 18.2 Å². The molecule has 0 spiro atoms. The van der Waals surface area contributed by atoms with E-state index in [0.29, 0.717) is 19.5 Å². The van der Waals surface area contributed by atoms with Gasteiger partial charge in [0.15, 0.2) is 0 Å². The summed E-state index contributed by atoms with van der Waals surface area (Å²) in [6.07, 6.45) is 0.608. The summed E-state index contributed by atoms with van der Waals surface area (Å²) in [6.45, 7) is 2.98. The topological polar surface area (TPSA) is 75.5 Å². The van der Waals surface area contributed by atoms with Crippen LogP contribution in [-0.4, -0.2) is 30.0 Å². The van der Waals surface area contributed by atoms with Crippen LogP contribution in [0.2, 0.25) is 0 Å². The molecule has 1 fully saturated rings. The van der Waals surface area contributed by atoms with Gasteiger partial charge in [0.25, 0.3) is 5.69 Å². The van der Waals surface area contributed by atoms with E-state index in [0.717, 1.165) is 12.1 Å². The average Bonchev–Trinajstić information content (AvgIpc) is 2.71. The van der Waals surface area contributed by atoms with Crippen molar-refractivity contribution >= 4 is 17.3 Å². The minimum Gasteiger partial charge on any atom is -0.311 e. The first-order chi connectivity index (χ1) is 9.02. The molecule has 1 saturated heterocycles. The fraction of sp³-hybridized carbons (Fsp3) is 0.417. The zero-order valence-electron chi connectivity index (χ0n) is 10.4. The number of carbonyl (C=O) groups excluding carboxylic acids is 1. The Morgan fingerprint density at radius 1 is 1.53 bits per heavy atom. The summed E-state index contributed by atoms with van der Waals surface area (Å²) in [4.78, 5) is 23.5. The number of nitro groups is 1. The summed E-state index contributed by atoms with van der Waals surface area (Å²) < 4.78 is 13.4. The van der Waals surface area contributed by atoms with E-state index in [1.165, 1.54) is 11.0 Å². The van der Waals surface area contributed by atoms with E-state index in [1.807, 2.05) is 6.92 Å². The Kier molecular flexibility index (Phi) is 3.75. The first-order valence-corrected chi connectivity index (χ1v) is 6.02. The number of nitrogens with zero attached hydrogens (tertiary/aromatic N) is 2. The summed E-state index contributed by atoms with van der Waals surface area (Å²) in [5.74, 6) is -0.898. The molecule has 1 heterocycles. The van der Waals surface area contributed by atoms with Crippen LogP contribution >= 0.6 is 0 Å². The largest absolute Gasteiger partial charge is 0.311 e. The van der Waals surface area contributed by atoms with E-state index in [-0.39, 0.29) is 23.3 Å². The van der Waals surface area contributed by atoms with Gasteiger partial charge in [-0.2, -0.15) is 0 Å². The number of carbonyl (C=O) groups is 1. The van der Waals surface area contributed by atoms with Crippen molar-refractivity contribution in [1.29, 1.82) is 0 Å². The standard InChI is InChI=1S/C12H14FN3O3/c1-2-14-11-3-4-15(12(11)17)9-5-8(13)6-10(7-9)16(18)19/h5-7,11,14H,2-4H2,1H3. The van der Waals surface area contributed by atoms with Crippen molar-refractivity contribution in [1.82, 2.24) is 5.32 Å². The second-order valence-corrected chi connectivity index (χ2v) is 4.31. The maximum atomic E-state index is 13.4. The van der Waals surface area contributed by atoms with Crippen molar-refractivity contribution in [3.8, 4) is 0 Å². The number of likely N-dealkylation sites (N-methyl/N-ethyl adjacent to an activating group) is 1. The summed E-state index contributed by atoms with van der Waals surface area (Å²) in [6, 6.07) is 2.90. The maximum absolute atomic E-state index is 13.4. The van der Waals surface area contributed by atoms with E-state index in [4.69, 9.17) is 0 Å². The first-order valence-electron chi connectivity index (χ1n) is 6.02. The van der Waals surface area contributed by atoms with Gasteiger partial charge < -0.3 is 10.2 Å². The highest BCUT2D eigenvalue weighted by molar-refractivity contribution is 5.99. The number of hydrogen-bond donors (Lipinski definition) is 1. The lowest BCUT2D eigenvalue weighted by atomic mass is 10.2. The Labute approximate surface area is 109 Å². The van der Waals surface area contributed by atoms with Crippen LogP contribution in [-0.2, 0) is 4.79 Å². The van der Waals surface area contributed by atoms with Gasteiger partial charge in [-0.3, -0.25) is 14.9 Å². The molecule has 0 radical (unpaired) electrons. The zero-order chi connectivity index (χ0) is 14.0. The molecule has 1 aromatic carbocycles. The van der Waals surface area contributed by atoms with E-state index in [2.05, 4.69) is 5.32 Å². The van der Waals surface area contributed by atoms with Gasteiger partial charge >= 0.3 is 0 Å². The van der Waals surface area contributed by atoms with Crippen molar-refractivity contribution < 1.29 is 14.1 Å². The second kappa shape index (κ2) is 5.31. The summed E-state index contributed by atoms with van der Waals surface area (Å²) in [7, 11) is 0. The molecule has 1 amide bonds. The quantitative estimate of drug-likeness (QED) is 0.661. The number of nitrogens with one attached hydrogen (secondary N) is 1. The molecule has 1 N–H and O–H groups in total. The Balaban J connectivity index is 2.28. The average molecular weight is 267 g/mol. The molecule has 0 aromatic heterocycles. The molecule has 6 nitrogen and oxygen atoms in total. The zero-order valence-corrected chi connectivity index (χ0v) is 10.4. The molecule has 1 unspecified atom stereocenters. The number of hydrogen-bond acceptors (Lipinski definition) is 4. The molecule has 1 aliphatic heterocycles. The Bertz CT molecular complexity index is 521. The van der Waals surface area contributed by atoms with E-state index < -0.39 is 10.7 Å². The van der Waals surface area contributed by atoms with Gasteiger partial charge in [-0.1, -0.05) is 6.92 Å². The van der Waals surface area contributed by atoms with Crippen LogP contribution in [0.1, 0.15) is 13.3 Å². The molecule has 7 heteroatoms. The SMILES string of the molecule is CCNC1CCN(c2cc(F)cc([N+](=O)[O-])c2)C1=O. The molecule has 1 aliphatic rings. The van der Waals surface area contributed by atoms with Crippen molar-refractivity contribution in [3.63, 3.8) is 0 Å². The molecule has 0 bridgehead atoms. The molecule has 0 aliphatic carbocycles. The van der Waals surface area contributed by atoms with Gasteiger partial charge in [0.05, 0.1) is 22.7 Å². The van der Waals surface area contributed by atoms with Crippen molar-refractivity contribution in [2.24, 2.45) is 0 Å². The molecule has 0 saturated carbocycles. The molecule has 2 rings (SSSR count). The van der Waals surface area contributed by atoms with E-state index in [9.17, 15) is 19.3 Å². The number of benzene rings is 1. The van der Waals surface area contributed by atoms with Gasteiger partial charge in [0.1, 0.15) is 5.82 Å². The maximum Gasteiger partial charge on any atom is 0.274 e. The van der Waals surface area contributed by atoms with E-state index >= 15 is 0 Å². The fourth-order valence-electron chi connectivity index (χ4n) is 2.19. The van der Waals surface area contributed by atoms with Crippen LogP contribution in [0.4, 0.5) is 15.8 Å². The Morgan fingerprint density at radius 2 is 2.26 bits per heavy atom. The molecule has 1 aromatic rings. The fourth-order valence-corrected chi connectivity index (χ4v) is 2.19. The predicted molar refractivity (Wildman–Crippen MR) is 67.5 cm³/mol. The van der Waals surface area contributed by atoms with Crippen molar-refractivity contribution in [2.45, 2.75) is 19.4 Å². The third-order valence-electron chi connectivity index (χ3n) is 3.05. The van der Waals surface area contributed by atoms with Crippen LogP contribution < -0.4 is 10.2 Å². The number of anilines is 1. The normalized spacial score (nSPS) is 18.9. The van der Waals surface area contributed by atoms with Crippen LogP contribution in [0.5, 0.6) is 0 Å². The van der Waals surface area contributed by atoms with Crippen molar-refractivity contribution in [3.05, 3.63) is 34.1 Å². The highest BCUT2D eigenvalue weighted by atomic mass is 19.1. The monoisotopic (exact) mass is 267 g/mol. The van der Waals surface area contributed by atoms with E-state index in [1.54, 1.807) is 0 Å². The minimum atomic E-state index is -0.719. The number of halogens is 1. The first kappa shape index (κ1) is 13.4. The lowest BCUT2D eigenvalue weighted by molar-refractivity contribution is -0.385.